The van der Waals surface area contributed by atoms with Crippen LogP contribution < -0.4 is 4.74 Å². The van der Waals surface area contributed by atoms with Crippen LogP contribution in [0.5, 0.6) is 11.5 Å². The number of phenols is 1. The van der Waals surface area contributed by atoms with Gasteiger partial charge in [-0.1, -0.05) is 38.1 Å². The van der Waals surface area contributed by atoms with Crippen molar-refractivity contribution >= 4 is 11.9 Å². The van der Waals surface area contributed by atoms with E-state index < -0.39 is 23.6 Å². The van der Waals surface area contributed by atoms with Crippen molar-refractivity contribution in [2.75, 3.05) is 13.2 Å². The van der Waals surface area contributed by atoms with Crippen LogP contribution >= 0.6 is 0 Å². The van der Waals surface area contributed by atoms with Gasteiger partial charge < -0.3 is 28.8 Å². The molecule has 0 radical (unpaired) electrons. The number of rotatable bonds is 16. The lowest BCUT2D eigenvalue weighted by Gasteiger charge is -2.31. The average molecular weight is 641 g/mol. The Kier molecular flexibility index (Phi) is 13.9. The van der Waals surface area contributed by atoms with E-state index in [1.54, 1.807) is 12.1 Å². The van der Waals surface area contributed by atoms with Crippen LogP contribution in [0.25, 0.3) is 0 Å². The SMILES string of the molecule is CCC(CC(c1ccc(OC(C)(C)C)cc1)C(CC)C(=O)OC(CCOC1CCCO1)CC(=O)OC(C)(C)C)c1ccc(O)cc1. The highest BCUT2D eigenvalue weighted by molar-refractivity contribution is 5.75. The highest BCUT2D eigenvalue weighted by Crippen LogP contribution is 2.40. The van der Waals surface area contributed by atoms with Crippen LogP contribution in [0.1, 0.15) is 123 Å². The minimum Gasteiger partial charge on any atom is -0.508 e. The van der Waals surface area contributed by atoms with E-state index in [-0.39, 0.29) is 41.9 Å². The second kappa shape index (κ2) is 17.2. The fourth-order valence-electron chi connectivity index (χ4n) is 5.91. The predicted molar refractivity (Wildman–Crippen MR) is 179 cm³/mol. The second-order valence-electron chi connectivity index (χ2n) is 14.3. The third-order valence-corrected chi connectivity index (χ3v) is 8.08. The van der Waals surface area contributed by atoms with Crippen LogP contribution in [-0.2, 0) is 28.5 Å². The third-order valence-electron chi connectivity index (χ3n) is 8.08. The summed E-state index contributed by atoms with van der Waals surface area (Å²) in [4.78, 5) is 26.9. The maximum atomic E-state index is 14.1. The number of carbonyl (C=O) groups is 2. The van der Waals surface area contributed by atoms with E-state index in [9.17, 15) is 14.7 Å². The van der Waals surface area contributed by atoms with E-state index in [1.807, 2.05) is 84.9 Å². The van der Waals surface area contributed by atoms with Crippen LogP contribution in [0.2, 0.25) is 0 Å². The smallest absolute Gasteiger partial charge is 0.310 e. The molecule has 1 heterocycles. The van der Waals surface area contributed by atoms with E-state index >= 15 is 0 Å². The van der Waals surface area contributed by atoms with Crippen molar-refractivity contribution < 1.29 is 38.4 Å². The van der Waals surface area contributed by atoms with Gasteiger partial charge in [0.15, 0.2) is 6.29 Å². The summed E-state index contributed by atoms with van der Waals surface area (Å²) >= 11 is 0. The van der Waals surface area contributed by atoms with Gasteiger partial charge in [-0.05, 0) is 114 Å². The third kappa shape index (κ3) is 12.6. The average Bonchev–Trinajstić information content (AvgIpc) is 3.48. The topological polar surface area (TPSA) is 101 Å². The summed E-state index contributed by atoms with van der Waals surface area (Å²) in [6, 6.07) is 15.3. The van der Waals surface area contributed by atoms with Crippen LogP contribution in [0.15, 0.2) is 48.5 Å². The molecule has 8 nitrogen and oxygen atoms in total. The lowest BCUT2D eigenvalue weighted by Crippen LogP contribution is -2.33. The highest BCUT2D eigenvalue weighted by atomic mass is 16.7. The molecule has 8 heteroatoms. The Morgan fingerprint density at radius 2 is 1.57 bits per heavy atom. The lowest BCUT2D eigenvalue weighted by atomic mass is 9.76. The zero-order valence-corrected chi connectivity index (χ0v) is 29.2. The molecule has 1 aliphatic rings. The van der Waals surface area contributed by atoms with Crippen molar-refractivity contribution in [3.05, 3.63) is 59.7 Å². The fourth-order valence-corrected chi connectivity index (χ4v) is 5.91. The summed E-state index contributed by atoms with van der Waals surface area (Å²) in [6.45, 7) is 16.6. The number of carbonyl (C=O) groups excluding carboxylic acids is 2. The molecule has 0 bridgehead atoms. The van der Waals surface area contributed by atoms with Gasteiger partial charge in [0.2, 0.25) is 0 Å². The van der Waals surface area contributed by atoms with Gasteiger partial charge in [-0.2, -0.15) is 0 Å². The molecule has 256 valence electrons. The van der Waals surface area contributed by atoms with Gasteiger partial charge in [-0.25, -0.2) is 0 Å². The maximum Gasteiger partial charge on any atom is 0.310 e. The summed E-state index contributed by atoms with van der Waals surface area (Å²) in [7, 11) is 0. The van der Waals surface area contributed by atoms with Crippen LogP contribution in [0, 0.1) is 5.92 Å². The molecule has 2 aromatic rings. The van der Waals surface area contributed by atoms with Crippen LogP contribution in [-0.4, -0.2) is 53.9 Å². The van der Waals surface area contributed by atoms with E-state index in [0.717, 1.165) is 36.1 Å². The Hall–Kier alpha value is -3.10. The number of phenolic OH excluding ortho intramolecular Hbond substituents is 1. The first-order valence-corrected chi connectivity index (χ1v) is 16.9. The minimum absolute atomic E-state index is 0.0527. The Morgan fingerprint density at radius 1 is 0.913 bits per heavy atom. The second-order valence-corrected chi connectivity index (χ2v) is 14.3. The molecule has 1 N–H and O–H groups in total. The molecule has 5 atom stereocenters. The Morgan fingerprint density at radius 3 is 2.11 bits per heavy atom. The van der Waals surface area contributed by atoms with E-state index in [2.05, 4.69) is 6.92 Å². The number of benzene rings is 2. The first-order valence-electron chi connectivity index (χ1n) is 16.9. The molecule has 3 rings (SSSR count). The maximum absolute atomic E-state index is 14.1. The van der Waals surface area contributed by atoms with Gasteiger partial charge in [0, 0.05) is 19.4 Å². The summed E-state index contributed by atoms with van der Waals surface area (Å²) in [5.41, 5.74) is 1.14. The van der Waals surface area contributed by atoms with Crippen molar-refractivity contribution in [1.29, 1.82) is 0 Å². The molecule has 46 heavy (non-hydrogen) atoms. The molecule has 0 aromatic heterocycles. The Labute approximate surface area is 276 Å². The first kappa shape index (κ1) is 37.4. The Bertz CT molecular complexity index is 1200. The van der Waals surface area contributed by atoms with Gasteiger partial charge in [0.05, 0.1) is 18.9 Å². The lowest BCUT2D eigenvalue weighted by molar-refractivity contribution is -0.166. The van der Waals surface area contributed by atoms with Gasteiger partial charge >= 0.3 is 11.9 Å². The van der Waals surface area contributed by atoms with Crippen molar-refractivity contribution in [1.82, 2.24) is 0 Å². The summed E-state index contributed by atoms with van der Waals surface area (Å²) < 4.78 is 29.3. The van der Waals surface area contributed by atoms with E-state index in [4.69, 9.17) is 23.7 Å². The van der Waals surface area contributed by atoms with Crippen molar-refractivity contribution in [2.45, 2.75) is 136 Å². The molecule has 0 aliphatic carbocycles. The number of aromatic hydroxyl groups is 1. The first-order chi connectivity index (χ1) is 21.7. The normalized spacial score (nSPS) is 18.0. The van der Waals surface area contributed by atoms with Gasteiger partial charge in [-0.3, -0.25) is 9.59 Å². The largest absolute Gasteiger partial charge is 0.508 e. The number of hydrogen-bond donors (Lipinski definition) is 1. The van der Waals surface area contributed by atoms with Crippen molar-refractivity contribution in [2.24, 2.45) is 5.92 Å². The number of ether oxygens (including phenoxy) is 5. The zero-order chi connectivity index (χ0) is 33.9. The van der Waals surface area contributed by atoms with Gasteiger partial charge in [0.1, 0.15) is 28.8 Å². The molecular formula is C38H56O8. The quantitative estimate of drug-likeness (QED) is 0.183. The van der Waals surface area contributed by atoms with Gasteiger partial charge in [0.25, 0.3) is 0 Å². The standard InChI is InChI=1S/C38H56O8/c1-9-26(27-13-17-29(39)18-14-27)24-33(28-15-19-30(20-16-28)45-37(3,4)5)32(10-2)36(41)44-31(25-34(40)46-38(6,7)8)21-23-43-35-12-11-22-42-35/h13-20,26,31-33,35,39H,9-12,21-25H2,1-8H3. The number of hydrogen-bond acceptors (Lipinski definition) is 8. The molecular weight excluding hydrogens is 584 g/mol. The van der Waals surface area contributed by atoms with E-state index in [0.29, 0.717) is 32.5 Å². The molecule has 1 fully saturated rings. The van der Waals surface area contributed by atoms with Crippen LogP contribution in [0.3, 0.4) is 0 Å². The van der Waals surface area contributed by atoms with Crippen molar-refractivity contribution in [3.8, 4) is 11.5 Å². The molecule has 0 amide bonds. The number of esters is 2. The minimum atomic E-state index is -0.694. The predicted octanol–water partition coefficient (Wildman–Crippen LogP) is 8.45. The van der Waals surface area contributed by atoms with Crippen molar-refractivity contribution in [3.63, 3.8) is 0 Å². The zero-order valence-electron chi connectivity index (χ0n) is 29.2. The summed E-state index contributed by atoms with van der Waals surface area (Å²) in [6.07, 6.45) is 3.25. The highest BCUT2D eigenvalue weighted by Gasteiger charge is 2.34. The van der Waals surface area contributed by atoms with E-state index in [1.165, 1.54) is 0 Å². The van der Waals surface area contributed by atoms with Gasteiger partial charge in [-0.15, -0.1) is 0 Å². The molecule has 1 aliphatic heterocycles. The molecule has 5 unspecified atom stereocenters. The van der Waals surface area contributed by atoms with Crippen LogP contribution in [0.4, 0.5) is 0 Å². The molecule has 1 saturated heterocycles. The molecule has 0 spiro atoms. The molecule has 0 saturated carbocycles. The summed E-state index contributed by atoms with van der Waals surface area (Å²) in [5, 5.41) is 9.89. The summed E-state index contributed by atoms with van der Waals surface area (Å²) in [5.74, 6) is -0.242. The molecule has 2 aromatic carbocycles. The fraction of sp³-hybridized carbons (Fsp3) is 0.632. The monoisotopic (exact) mass is 640 g/mol. The Balaban J connectivity index is 1.87.